The number of hydrogen-bond donors (Lipinski definition) is 2. The molecule has 0 aliphatic carbocycles. The van der Waals surface area contributed by atoms with Gasteiger partial charge in [0.05, 0.1) is 37.8 Å². The highest BCUT2D eigenvalue weighted by Gasteiger charge is 2.27. The first kappa shape index (κ1) is 25.4. The summed E-state index contributed by atoms with van der Waals surface area (Å²) in [5.41, 5.74) is 1.92. The highest BCUT2D eigenvalue weighted by Crippen LogP contribution is 2.39. The second-order valence-electron chi connectivity index (χ2n) is 8.33. The van der Waals surface area contributed by atoms with E-state index in [1.54, 1.807) is 30.3 Å². The monoisotopic (exact) mass is 469 g/mol. The summed E-state index contributed by atoms with van der Waals surface area (Å²) in [7, 11) is 0. The number of carbonyl (C=O) groups excluding carboxylic acids is 2. The van der Waals surface area contributed by atoms with Crippen LogP contribution in [0.3, 0.4) is 0 Å². The molecule has 2 N–H and O–H groups in total. The molecule has 1 aliphatic rings. The lowest BCUT2D eigenvalue weighted by atomic mass is 10.0. The fraction of sp³-hybridized carbons (Fsp3) is 0.462. The smallest absolute Gasteiger partial charge is 0.251 e. The van der Waals surface area contributed by atoms with Crippen molar-refractivity contribution in [3.05, 3.63) is 48.0 Å². The third-order valence-electron chi connectivity index (χ3n) is 5.54. The summed E-state index contributed by atoms with van der Waals surface area (Å²) < 4.78 is 17.3. The maximum atomic E-state index is 13.3. The summed E-state index contributed by atoms with van der Waals surface area (Å²) >= 11 is 0. The van der Waals surface area contributed by atoms with E-state index in [1.807, 2.05) is 39.8 Å². The van der Waals surface area contributed by atoms with Gasteiger partial charge < -0.3 is 29.7 Å². The zero-order valence-electron chi connectivity index (χ0n) is 20.4. The van der Waals surface area contributed by atoms with E-state index in [4.69, 9.17) is 14.2 Å². The maximum absolute atomic E-state index is 13.3. The molecule has 0 unspecified atom stereocenters. The largest absolute Gasteiger partial charge is 0.492 e. The second kappa shape index (κ2) is 12.3. The second-order valence-corrected chi connectivity index (χ2v) is 8.33. The first-order valence-electron chi connectivity index (χ1n) is 11.9. The molecule has 0 spiro atoms. The Hall–Kier alpha value is -3.26. The molecule has 1 aliphatic heterocycles. The molecule has 0 radical (unpaired) electrons. The molecule has 1 saturated heterocycles. The van der Waals surface area contributed by atoms with Crippen molar-refractivity contribution < 1.29 is 23.8 Å². The summed E-state index contributed by atoms with van der Waals surface area (Å²) in [4.78, 5) is 28.2. The van der Waals surface area contributed by atoms with Gasteiger partial charge in [-0.2, -0.15) is 0 Å². The SMILES string of the molecule is CCOc1cc(N2CCOCC2)c(OCC)cc1NC(=O)[C@@H](NC(=O)c1ccccc1)C(C)C. The highest BCUT2D eigenvalue weighted by molar-refractivity contribution is 6.02. The summed E-state index contributed by atoms with van der Waals surface area (Å²) in [5.74, 6) is 0.483. The fourth-order valence-corrected chi connectivity index (χ4v) is 3.80. The van der Waals surface area contributed by atoms with Gasteiger partial charge in [-0.15, -0.1) is 0 Å². The standard InChI is InChI=1S/C26H35N3O5/c1-5-33-22-17-21(29-12-14-32-15-13-29)23(34-6-2)16-20(22)27-26(31)24(18(3)4)28-25(30)19-10-8-7-9-11-19/h7-11,16-18,24H,5-6,12-15H2,1-4H3,(H,27,31)(H,28,30)/t24-/m0/s1. The number of carbonyl (C=O) groups is 2. The van der Waals surface area contributed by atoms with Gasteiger partial charge in [-0.1, -0.05) is 32.0 Å². The minimum absolute atomic E-state index is 0.123. The number of hydrogen-bond acceptors (Lipinski definition) is 6. The van der Waals surface area contributed by atoms with Crippen LogP contribution in [0.2, 0.25) is 0 Å². The zero-order valence-corrected chi connectivity index (χ0v) is 20.4. The van der Waals surface area contributed by atoms with Crippen molar-refractivity contribution in [2.45, 2.75) is 33.7 Å². The maximum Gasteiger partial charge on any atom is 0.251 e. The predicted octanol–water partition coefficient (Wildman–Crippen LogP) is 3.71. The van der Waals surface area contributed by atoms with Crippen molar-refractivity contribution in [1.29, 1.82) is 0 Å². The van der Waals surface area contributed by atoms with Crippen LogP contribution < -0.4 is 25.0 Å². The Kier molecular flexibility index (Phi) is 9.16. The number of nitrogens with zero attached hydrogens (tertiary/aromatic N) is 1. The molecule has 1 fully saturated rings. The Morgan fingerprint density at radius 1 is 1.00 bits per heavy atom. The van der Waals surface area contributed by atoms with Crippen LogP contribution in [0.1, 0.15) is 38.1 Å². The van der Waals surface area contributed by atoms with Gasteiger partial charge in [0.25, 0.3) is 5.91 Å². The van der Waals surface area contributed by atoms with Gasteiger partial charge in [0.2, 0.25) is 5.91 Å². The van der Waals surface area contributed by atoms with Gasteiger partial charge in [-0.25, -0.2) is 0 Å². The Bertz CT molecular complexity index is 958. The molecule has 2 amide bonds. The van der Waals surface area contributed by atoms with Crippen LogP contribution in [-0.4, -0.2) is 57.4 Å². The van der Waals surface area contributed by atoms with Gasteiger partial charge in [-0.3, -0.25) is 9.59 Å². The summed E-state index contributed by atoms with van der Waals surface area (Å²) in [6, 6.07) is 11.8. The van der Waals surface area contributed by atoms with Crippen LogP contribution in [0.25, 0.3) is 0 Å². The first-order chi connectivity index (χ1) is 16.4. The minimum Gasteiger partial charge on any atom is -0.492 e. The Balaban J connectivity index is 1.86. The summed E-state index contributed by atoms with van der Waals surface area (Å²) in [6.45, 7) is 11.3. The molecule has 184 valence electrons. The quantitative estimate of drug-likeness (QED) is 0.551. The van der Waals surface area contributed by atoms with Crippen LogP contribution >= 0.6 is 0 Å². The van der Waals surface area contributed by atoms with Crippen molar-refractivity contribution in [3.8, 4) is 11.5 Å². The molecule has 34 heavy (non-hydrogen) atoms. The number of anilines is 2. The van der Waals surface area contributed by atoms with E-state index >= 15 is 0 Å². The number of rotatable bonds is 10. The van der Waals surface area contributed by atoms with Crippen LogP contribution in [0, 0.1) is 5.92 Å². The van der Waals surface area contributed by atoms with Crippen LogP contribution in [0.5, 0.6) is 11.5 Å². The van der Waals surface area contributed by atoms with Gasteiger partial charge in [0.1, 0.15) is 17.5 Å². The van der Waals surface area contributed by atoms with E-state index in [2.05, 4.69) is 15.5 Å². The van der Waals surface area contributed by atoms with E-state index in [-0.39, 0.29) is 17.7 Å². The number of benzene rings is 2. The number of nitrogens with one attached hydrogen (secondary N) is 2. The zero-order chi connectivity index (χ0) is 24.5. The molecule has 1 heterocycles. The van der Waals surface area contributed by atoms with Crippen molar-refractivity contribution in [3.63, 3.8) is 0 Å². The number of ether oxygens (including phenoxy) is 3. The summed E-state index contributed by atoms with van der Waals surface area (Å²) in [6.07, 6.45) is 0. The number of morpholine rings is 1. The predicted molar refractivity (Wildman–Crippen MR) is 133 cm³/mol. The van der Waals surface area contributed by atoms with Crippen molar-refractivity contribution in [2.24, 2.45) is 5.92 Å². The van der Waals surface area contributed by atoms with E-state index in [1.165, 1.54) is 0 Å². The Labute approximate surface area is 201 Å². The van der Waals surface area contributed by atoms with E-state index in [0.717, 1.165) is 18.8 Å². The normalized spacial score (nSPS) is 14.4. The van der Waals surface area contributed by atoms with Crippen LogP contribution in [-0.2, 0) is 9.53 Å². The average molecular weight is 470 g/mol. The van der Waals surface area contributed by atoms with Crippen molar-refractivity contribution in [1.82, 2.24) is 5.32 Å². The number of amides is 2. The van der Waals surface area contributed by atoms with Gasteiger partial charge in [0, 0.05) is 30.8 Å². The molecule has 2 aromatic rings. The lowest BCUT2D eigenvalue weighted by molar-refractivity contribution is -0.118. The van der Waals surface area contributed by atoms with Gasteiger partial charge >= 0.3 is 0 Å². The molecule has 0 saturated carbocycles. The van der Waals surface area contributed by atoms with E-state index in [9.17, 15) is 9.59 Å². The highest BCUT2D eigenvalue weighted by atomic mass is 16.5. The molecule has 8 nitrogen and oxygen atoms in total. The molecular weight excluding hydrogens is 434 g/mol. The molecule has 1 atom stereocenters. The van der Waals surface area contributed by atoms with Crippen molar-refractivity contribution >= 4 is 23.2 Å². The third kappa shape index (κ3) is 6.41. The Morgan fingerprint density at radius 3 is 2.26 bits per heavy atom. The van der Waals surface area contributed by atoms with E-state index in [0.29, 0.717) is 49.2 Å². The Morgan fingerprint density at radius 2 is 1.65 bits per heavy atom. The van der Waals surface area contributed by atoms with Crippen LogP contribution in [0.15, 0.2) is 42.5 Å². The lowest BCUT2D eigenvalue weighted by Crippen LogP contribution is -2.47. The molecule has 8 heteroatoms. The average Bonchev–Trinajstić information content (AvgIpc) is 2.85. The van der Waals surface area contributed by atoms with Gasteiger partial charge in [0.15, 0.2) is 0 Å². The van der Waals surface area contributed by atoms with Crippen molar-refractivity contribution in [2.75, 3.05) is 49.7 Å². The van der Waals surface area contributed by atoms with Gasteiger partial charge in [-0.05, 0) is 31.9 Å². The summed E-state index contributed by atoms with van der Waals surface area (Å²) in [5, 5.41) is 5.82. The lowest BCUT2D eigenvalue weighted by Gasteiger charge is -2.31. The molecular formula is C26H35N3O5. The molecule has 2 aromatic carbocycles. The third-order valence-corrected chi connectivity index (χ3v) is 5.54. The first-order valence-corrected chi connectivity index (χ1v) is 11.9. The molecule has 0 bridgehead atoms. The fourth-order valence-electron chi connectivity index (χ4n) is 3.80. The van der Waals surface area contributed by atoms with E-state index < -0.39 is 6.04 Å². The minimum atomic E-state index is -0.725. The topological polar surface area (TPSA) is 89.1 Å². The van der Waals surface area contributed by atoms with Crippen LogP contribution in [0.4, 0.5) is 11.4 Å². The molecule has 0 aromatic heterocycles. The molecule has 3 rings (SSSR count).